The van der Waals surface area contributed by atoms with Crippen molar-refractivity contribution in [2.24, 2.45) is 16.2 Å². The summed E-state index contributed by atoms with van der Waals surface area (Å²) >= 11 is 0. The lowest BCUT2D eigenvalue weighted by molar-refractivity contribution is -0.244. The molecule has 0 N–H and O–H groups in total. The minimum absolute atomic E-state index is 0.0269. The van der Waals surface area contributed by atoms with Crippen LogP contribution in [0, 0.1) is 16.2 Å². The minimum Gasteiger partial charge on any atom is -0.381 e. The van der Waals surface area contributed by atoms with E-state index in [2.05, 4.69) is 48.5 Å². The zero-order valence-corrected chi connectivity index (χ0v) is 23.0. The van der Waals surface area contributed by atoms with Gasteiger partial charge in [0.25, 0.3) is 0 Å². The average Bonchev–Trinajstić information content (AvgIpc) is 2.74. The van der Waals surface area contributed by atoms with Crippen molar-refractivity contribution in [3.63, 3.8) is 0 Å². The normalized spacial score (nSPS) is 22.4. The molecule has 0 aromatic carbocycles. The fraction of sp³-hybridized carbons (Fsp3) is 1.00. The fourth-order valence-corrected chi connectivity index (χ4v) is 5.57. The molecule has 0 aromatic heterocycles. The van der Waals surface area contributed by atoms with Crippen molar-refractivity contribution in [3.05, 3.63) is 0 Å². The van der Waals surface area contributed by atoms with E-state index >= 15 is 0 Å². The summed E-state index contributed by atoms with van der Waals surface area (Å²) in [5, 5.41) is 0. The monoisotopic (exact) mass is 454 g/mol. The van der Waals surface area contributed by atoms with Crippen molar-refractivity contribution in [1.29, 1.82) is 0 Å². The highest BCUT2D eigenvalue weighted by Gasteiger charge is 2.54. The number of unbranched alkanes of at least 4 members (excludes halogenated alkanes) is 10. The van der Waals surface area contributed by atoms with Crippen LogP contribution in [0.4, 0.5) is 0 Å². The molecular weight excluding hydrogens is 396 g/mol. The van der Waals surface area contributed by atoms with E-state index in [1.54, 1.807) is 0 Å². The van der Waals surface area contributed by atoms with Crippen LogP contribution < -0.4 is 0 Å². The van der Waals surface area contributed by atoms with Crippen molar-refractivity contribution in [2.45, 2.75) is 145 Å². The van der Waals surface area contributed by atoms with Crippen molar-refractivity contribution in [1.82, 2.24) is 0 Å². The van der Waals surface area contributed by atoms with Gasteiger partial charge in [-0.3, -0.25) is 0 Å². The van der Waals surface area contributed by atoms with Crippen LogP contribution in [0.5, 0.6) is 0 Å². The second kappa shape index (κ2) is 15.7. The molecule has 3 nitrogen and oxygen atoms in total. The molecule has 1 aliphatic heterocycles. The summed E-state index contributed by atoms with van der Waals surface area (Å²) in [6.45, 7) is 19.8. The highest BCUT2D eigenvalue weighted by Crippen LogP contribution is 2.57. The van der Waals surface area contributed by atoms with Crippen molar-refractivity contribution < 1.29 is 14.2 Å². The molecule has 192 valence electrons. The van der Waals surface area contributed by atoms with E-state index in [-0.39, 0.29) is 22.5 Å². The van der Waals surface area contributed by atoms with Crippen LogP contribution >= 0.6 is 0 Å². The Balaban J connectivity index is 2.42. The summed E-state index contributed by atoms with van der Waals surface area (Å²) in [6.07, 6.45) is 17.8. The van der Waals surface area contributed by atoms with Crippen molar-refractivity contribution in [2.75, 3.05) is 26.4 Å². The molecule has 0 radical (unpaired) electrons. The average molecular weight is 455 g/mol. The molecule has 1 aliphatic rings. The minimum atomic E-state index is -0.0269. The molecule has 2 unspecified atom stereocenters. The van der Waals surface area contributed by atoms with Crippen molar-refractivity contribution >= 4 is 0 Å². The summed E-state index contributed by atoms with van der Waals surface area (Å²) < 4.78 is 18.7. The van der Waals surface area contributed by atoms with Gasteiger partial charge in [-0.15, -0.1) is 0 Å². The van der Waals surface area contributed by atoms with Crippen LogP contribution in [-0.4, -0.2) is 32.7 Å². The van der Waals surface area contributed by atoms with Crippen molar-refractivity contribution in [3.8, 4) is 0 Å². The first-order valence-electron chi connectivity index (χ1n) is 14.0. The predicted octanol–water partition coefficient (Wildman–Crippen LogP) is 8.94. The molecule has 32 heavy (non-hydrogen) atoms. The standard InChI is InChI=1S/C29H58O3/c1-8-10-12-14-16-18-22-30-24-28(6,7)29(27(3,4)5)21-20-26(32-25-29)31-23-19-17-15-13-11-9-2/h26H,8-25H2,1-7H3. The Morgan fingerprint density at radius 3 is 1.78 bits per heavy atom. The number of rotatable bonds is 18. The molecule has 1 saturated heterocycles. The van der Waals surface area contributed by atoms with Gasteiger partial charge in [0.15, 0.2) is 6.29 Å². The van der Waals surface area contributed by atoms with Crippen LogP contribution in [-0.2, 0) is 14.2 Å². The third-order valence-electron chi connectivity index (χ3n) is 7.96. The lowest BCUT2D eigenvalue weighted by Crippen LogP contribution is -2.56. The van der Waals surface area contributed by atoms with Gasteiger partial charge < -0.3 is 14.2 Å². The number of hydrogen-bond donors (Lipinski definition) is 0. The third kappa shape index (κ3) is 10.0. The molecule has 1 rings (SSSR count). The largest absolute Gasteiger partial charge is 0.381 e. The Bertz CT molecular complexity index is 444. The molecule has 0 aromatic rings. The number of hydrogen-bond acceptors (Lipinski definition) is 3. The van der Waals surface area contributed by atoms with E-state index < -0.39 is 0 Å². The predicted molar refractivity (Wildman–Crippen MR) is 138 cm³/mol. The van der Waals surface area contributed by atoms with Gasteiger partial charge in [-0.05, 0) is 36.5 Å². The molecule has 0 bridgehead atoms. The maximum Gasteiger partial charge on any atom is 0.157 e. The maximum absolute atomic E-state index is 6.36. The Hall–Kier alpha value is -0.120. The second-order valence-corrected chi connectivity index (χ2v) is 12.0. The summed E-state index contributed by atoms with van der Waals surface area (Å²) in [5.74, 6) is 0. The molecule has 0 aliphatic carbocycles. The van der Waals surface area contributed by atoms with Gasteiger partial charge in [0.1, 0.15) is 0 Å². The van der Waals surface area contributed by atoms with Crippen LogP contribution in [0.2, 0.25) is 0 Å². The molecule has 0 saturated carbocycles. The van der Waals surface area contributed by atoms with E-state index in [4.69, 9.17) is 14.2 Å². The first kappa shape index (κ1) is 29.9. The molecule has 0 spiro atoms. The first-order chi connectivity index (χ1) is 15.2. The first-order valence-corrected chi connectivity index (χ1v) is 14.0. The smallest absolute Gasteiger partial charge is 0.157 e. The third-order valence-corrected chi connectivity index (χ3v) is 7.96. The zero-order valence-electron chi connectivity index (χ0n) is 23.0. The van der Waals surface area contributed by atoms with E-state index in [0.717, 1.165) is 45.7 Å². The molecule has 1 heterocycles. The van der Waals surface area contributed by atoms with Gasteiger partial charge in [0, 0.05) is 18.6 Å². The van der Waals surface area contributed by atoms with Crippen LogP contribution in [0.15, 0.2) is 0 Å². The fourth-order valence-electron chi connectivity index (χ4n) is 5.57. The van der Waals surface area contributed by atoms with Gasteiger partial charge in [0.2, 0.25) is 0 Å². The Labute approximate surface area is 201 Å². The molecule has 3 heteroatoms. The summed E-state index contributed by atoms with van der Waals surface area (Å²) in [6, 6.07) is 0. The summed E-state index contributed by atoms with van der Waals surface area (Å²) in [5.41, 5.74) is 0.323. The summed E-state index contributed by atoms with van der Waals surface area (Å²) in [4.78, 5) is 0. The maximum atomic E-state index is 6.36. The Morgan fingerprint density at radius 1 is 0.750 bits per heavy atom. The van der Waals surface area contributed by atoms with E-state index in [1.165, 1.54) is 70.6 Å². The SMILES string of the molecule is CCCCCCCCOCC(C)(C)C1(C(C)(C)C)CCC(OCCCCCCCC)OC1. The zero-order chi connectivity index (χ0) is 23.9. The van der Waals surface area contributed by atoms with Gasteiger partial charge in [-0.25, -0.2) is 0 Å². The lowest BCUT2D eigenvalue weighted by Gasteiger charge is -2.57. The van der Waals surface area contributed by atoms with Gasteiger partial charge in [-0.1, -0.05) is 113 Å². The lowest BCUT2D eigenvalue weighted by atomic mass is 9.51. The Morgan fingerprint density at radius 2 is 1.28 bits per heavy atom. The van der Waals surface area contributed by atoms with Crippen LogP contribution in [0.3, 0.4) is 0 Å². The Kier molecular flexibility index (Phi) is 14.7. The van der Waals surface area contributed by atoms with E-state index in [9.17, 15) is 0 Å². The van der Waals surface area contributed by atoms with Gasteiger partial charge in [-0.2, -0.15) is 0 Å². The van der Waals surface area contributed by atoms with Crippen LogP contribution in [0.1, 0.15) is 138 Å². The molecule has 0 amide bonds. The highest BCUT2D eigenvalue weighted by atomic mass is 16.7. The summed E-state index contributed by atoms with van der Waals surface area (Å²) in [7, 11) is 0. The van der Waals surface area contributed by atoms with Gasteiger partial charge in [0.05, 0.1) is 13.2 Å². The van der Waals surface area contributed by atoms with E-state index in [0.29, 0.717) is 0 Å². The second-order valence-electron chi connectivity index (χ2n) is 12.0. The molecule has 1 fully saturated rings. The van der Waals surface area contributed by atoms with Crippen LogP contribution in [0.25, 0.3) is 0 Å². The topological polar surface area (TPSA) is 27.7 Å². The molecule has 2 atom stereocenters. The number of ether oxygens (including phenoxy) is 3. The van der Waals surface area contributed by atoms with E-state index in [1.807, 2.05) is 0 Å². The van der Waals surface area contributed by atoms with Gasteiger partial charge >= 0.3 is 0 Å². The highest BCUT2D eigenvalue weighted by molar-refractivity contribution is 5.02. The quantitative estimate of drug-likeness (QED) is 0.193. The molecular formula is C29H58O3.